The fourth-order valence-electron chi connectivity index (χ4n) is 2.39. The molecule has 0 fully saturated rings. The third kappa shape index (κ3) is 3.10. The van der Waals surface area contributed by atoms with Crippen molar-refractivity contribution in [3.63, 3.8) is 0 Å². The lowest BCUT2D eigenvalue weighted by molar-refractivity contribution is 0.569. The first-order chi connectivity index (χ1) is 9.55. The minimum Gasteiger partial charge on any atom is -0.306 e. The molecule has 0 aliphatic heterocycles. The van der Waals surface area contributed by atoms with E-state index in [0.717, 1.165) is 31.0 Å². The van der Waals surface area contributed by atoms with Crippen LogP contribution in [0.15, 0.2) is 12.4 Å². The van der Waals surface area contributed by atoms with Gasteiger partial charge >= 0.3 is 0 Å². The normalized spacial score (nSPS) is 12.8. The van der Waals surface area contributed by atoms with Gasteiger partial charge in [0.2, 0.25) is 0 Å². The molecule has 0 saturated carbocycles. The molecule has 0 aliphatic rings. The molecular formula is C15H25N5. The number of hydrogen-bond acceptors (Lipinski definition) is 3. The molecule has 1 atom stereocenters. The average Bonchev–Trinajstić information content (AvgIpc) is 2.99. The van der Waals surface area contributed by atoms with Crippen LogP contribution in [-0.2, 0) is 19.6 Å². The van der Waals surface area contributed by atoms with E-state index in [-0.39, 0.29) is 0 Å². The summed E-state index contributed by atoms with van der Waals surface area (Å²) in [5.74, 6) is 0. The summed E-state index contributed by atoms with van der Waals surface area (Å²) in [5, 5.41) is 12.5. The third-order valence-corrected chi connectivity index (χ3v) is 3.75. The van der Waals surface area contributed by atoms with E-state index >= 15 is 0 Å². The fourth-order valence-corrected chi connectivity index (χ4v) is 2.39. The van der Waals surface area contributed by atoms with Crippen molar-refractivity contribution in [1.29, 1.82) is 0 Å². The molecule has 0 radical (unpaired) electrons. The minimum absolute atomic E-state index is 0.291. The first kappa shape index (κ1) is 14.8. The molecule has 2 heterocycles. The van der Waals surface area contributed by atoms with Crippen LogP contribution < -0.4 is 5.32 Å². The quantitative estimate of drug-likeness (QED) is 0.881. The Morgan fingerprint density at radius 3 is 2.20 bits per heavy atom. The van der Waals surface area contributed by atoms with Crippen LogP contribution in [0.2, 0.25) is 0 Å². The number of nitrogens with one attached hydrogen (secondary N) is 1. The van der Waals surface area contributed by atoms with E-state index in [0.29, 0.717) is 6.04 Å². The SMILES string of the molecule is CCn1cc(CNC(C)c2cn(CC)nc2C)c(C)n1. The van der Waals surface area contributed by atoms with Crippen LogP contribution in [0, 0.1) is 13.8 Å². The topological polar surface area (TPSA) is 47.7 Å². The van der Waals surface area contributed by atoms with E-state index in [1.807, 2.05) is 9.36 Å². The van der Waals surface area contributed by atoms with Crippen LogP contribution in [-0.4, -0.2) is 19.6 Å². The molecule has 20 heavy (non-hydrogen) atoms. The molecule has 2 aromatic rings. The minimum atomic E-state index is 0.291. The van der Waals surface area contributed by atoms with Crippen LogP contribution >= 0.6 is 0 Å². The van der Waals surface area contributed by atoms with Crippen molar-refractivity contribution in [2.45, 2.75) is 60.3 Å². The zero-order valence-electron chi connectivity index (χ0n) is 13.1. The van der Waals surface area contributed by atoms with Gasteiger partial charge in [-0.15, -0.1) is 0 Å². The van der Waals surface area contributed by atoms with Crippen molar-refractivity contribution in [3.8, 4) is 0 Å². The Balaban J connectivity index is 2.02. The molecule has 0 amide bonds. The summed E-state index contributed by atoms with van der Waals surface area (Å²) < 4.78 is 3.97. The lowest BCUT2D eigenvalue weighted by atomic mass is 10.1. The second-order valence-corrected chi connectivity index (χ2v) is 5.22. The Hall–Kier alpha value is -1.62. The van der Waals surface area contributed by atoms with Crippen molar-refractivity contribution < 1.29 is 0 Å². The second-order valence-electron chi connectivity index (χ2n) is 5.22. The molecule has 0 bridgehead atoms. The third-order valence-electron chi connectivity index (χ3n) is 3.75. The van der Waals surface area contributed by atoms with Gasteiger partial charge in [0.1, 0.15) is 0 Å². The van der Waals surface area contributed by atoms with Gasteiger partial charge in [0.25, 0.3) is 0 Å². The molecule has 1 unspecified atom stereocenters. The fraction of sp³-hybridized carbons (Fsp3) is 0.600. The maximum absolute atomic E-state index is 4.50. The van der Waals surface area contributed by atoms with Gasteiger partial charge < -0.3 is 5.32 Å². The Bertz CT molecular complexity index is 567. The molecule has 2 aromatic heterocycles. The summed E-state index contributed by atoms with van der Waals surface area (Å²) in [6.45, 7) is 13.2. The Kier molecular flexibility index (Phi) is 4.60. The summed E-state index contributed by atoms with van der Waals surface area (Å²) in [5.41, 5.74) is 4.74. The number of hydrogen-bond donors (Lipinski definition) is 1. The van der Waals surface area contributed by atoms with E-state index in [1.54, 1.807) is 0 Å². The zero-order valence-corrected chi connectivity index (χ0v) is 13.1. The molecule has 1 N–H and O–H groups in total. The van der Waals surface area contributed by atoms with Crippen molar-refractivity contribution >= 4 is 0 Å². The average molecular weight is 275 g/mol. The monoisotopic (exact) mass is 275 g/mol. The number of aromatic nitrogens is 4. The highest BCUT2D eigenvalue weighted by atomic mass is 15.3. The Morgan fingerprint density at radius 2 is 1.65 bits per heavy atom. The Labute approximate surface area is 121 Å². The molecule has 0 spiro atoms. The highest BCUT2D eigenvalue weighted by Crippen LogP contribution is 2.17. The maximum atomic E-state index is 4.50. The van der Waals surface area contributed by atoms with E-state index in [4.69, 9.17) is 0 Å². The summed E-state index contributed by atoms with van der Waals surface area (Å²) in [6.07, 6.45) is 4.26. The van der Waals surface area contributed by atoms with Gasteiger partial charge in [0.15, 0.2) is 0 Å². The second kappa shape index (κ2) is 6.22. The van der Waals surface area contributed by atoms with Crippen LogP contribution in [0.5, 0.6) is 0 Å². The smallest absolute Gasteiger partial charge is 0.0641 e. The van der Waals surface area contributed by atoms with E-state index < -0.39 is 0 Å². The number of rotatable bonds is 6. The standard InChI is InChI=1S/C15H25N5/c1-6-19-9-14(11(3)17-19)8-16-12(4)15-10-20(7-2)18-13(15)5/h9-10,12,16H,6-8H2,1-5H3. The lowest BCUT2D eigenvalue weighted by Crippen LogP contribution is -2.18. The van der Waals surface area contributed by atoms with E-state index in [9.17, 15) is 0 Å². The highest BCUT2D eigenvalue weighted by molar-refractivity contribution is 5.21. The van der Waals surface area contributed by atoms with E-state index in [1.165, 1.54) is 11.1 Å². The van der Waals surface area contributed by atoms with Crippen LogP contribution in [0.4, 0.5) is 0 Å². The van der Waals surface area contributed by atoms with Crippen LogP contribution in [0.25, 0.3) is 0 Å². The van der Waals surface area contributed by atoms with Crippen molar-refractivity contribution in [2.75, 3.05) is 0 Å². The van der Waals surface area contributed by atoms with Crippen LogP contribution in [0.1, 0.15) is 49.3 Å². The van der Waals surface area contributed by atoms with Gasteiger partial charge in [-0.25, -0.2) is 0 Å². The van der Waals surface area contributed by atoms with Crippen molar-refractivity contribution in [3.05, 3.63) is 34.9 Å². The highest BCUT2D eigenvalue weighted by Gasteiger charge is 2.13. The summed E-state index contributed by atoms with van der Waals surface area (Å²) >= 11 is 0. The largest absolute Gasteiger partial charge is 0.306 e. The predicted molar refractivity (Wildman–Crippen MR) is 80.5 cm³/mol. The molecule has 0 aromatic carbocycles. The first-order valence-corrected chi connectivity index (χ1v) is 7.35. The zero-order chi connectivity index (χ0) is 14.7. The number of nitrogens with zero attached hydrogens (tertiary/aromatic N) is 4. The molecule has 0 saturated heterocycles. The van der Waals surface area contributed by atoms with Gasteiger partial charge in [0, 0.05) is 49.2 Å². The lowest BCUT2D eigenvalue weighted by Gasteiger charge is -2.12. The molecule has 110 valence electrons. The van der Waals surface area contributed by atoms with Gasteiger partial charge in [-0.2, -0.15) is 10.2 Å². The predicted octanol–water partition coefficient (Wildman–Crippen LogP) is 2.59. The number of aryl methyl sites for hydroxylation is 4. The van der Waals surface area contributed by atoms with Gasteiger partial charge in [-0.05, 0) is 34.6 Å². The molecule has 2 rings (SSSR count). The van der Waals surface area contributed by atoms with Crippen molar-refractivity contribution in [1.82, 2.24) is 24.9 Å². The van der Waals surface area contributed by atoms with Gasteiger partial charge in [0.05, 0.1) is 11.4 Å². The summed E-state index contributed by atoms with van der Waals surface area (Å²) in [7, 11) is 0. The molecule has 5 heteroatoms. The maximum Gasteiger partial charge on any atom is 0.0641 e. The molecular weight excluding hydrogens is 250 g/mol. The van der Waals surface area contributed by atoms with Crippen LogP contribution in [0.3, 0.4) is 0 Å². The molecule has 0 aliphatic carbocycles. The first-order valence-electron chi connectivity index (χ1n) is 7.35. The molecule has 5 nitrogen and oxygen atoms in total. The Morgan fingerprint density at radius 1 is 1.05 bits per heavy atom. The van der Waals surface area contributed by atoms with Crippen molar-refractivity contribution in [2.24, 2.45) is 0 Å². The summed E-state index contributed by atoms with van der Waals surface area (Å²) in [4.78, 5) is 0. The van der Waals surface area contributed by atoms with E-state index in [2.05, 4.69) is 62.5 Å². The van der Waals surface area contributed by atoms with Gasteiger partial charge in [-0.1, -0.05) is 0 Å². The van der Waals surface area contributed by atoms with Gasteiger partial charge in [-0.3, -0.25) is 9.36 Å². The summed E-state index contributed by atoms with van der Waals surface area (Å²) in [6, 6.07) is 0.291.